The molecule has 9 heteroatoms. The third kappa shape index (κ3) is 3.25. The van der Waals surface area contributed by atoms with Gasteiger partial charge in [-0.3, -0.25) is 4.79 Å². The van der Waals surface area contributed by atoms with Crippen molar-refractivity contribution in [1.82, 2.24) is 25.0 Å². The number of aryl methyl sites for hydroxylation is 1. The minimum absolute atomic E-state index is 0.229. The molecule has 2 aromatic heterocycles. The number of benzene rings is 1. The summed E-state index contributed by atoms with van der Waals surface area (Å²) < 4.78 is 1.76. The maximum Gasteiger partial charge on any atom is 0.323 e. The number of hydrogen-bond acceptors (Lipinski definition) is 5. The Morgan fingerprint density at radius 3 is 2.74 bits per heavy atom. The van der Waals surface area contributed by atoms with E-state index in [1.54, 1.807) is 10.9 Å². The normalized spacial score (nSPS) is 20.1. The van der Waals surface area contributed by atoms with Crippen LogP contribution in [0.3, 0.4) is 0 Å². The number of rotatable bonds is 3. The molecule has 9 nitrogen and oxygen atoms in total. The quantitative estimate of drug-likeness (QED) is 0.558. The van der Waals surface area contributed by atoms with Gasteiger partial charge in [0, 0.05) is 6.04 Å². The van der Waals surface area contributed by atoms with Crippen LogP contribution in [-0.2, 0) is 0 Å². The zero-order valence-corrected chi connectivity index (χ0v) is 15.4. The molecule has 3 aromatic rings. The molecule has 142 valence electrons. The van der Waals surface area contributed by atoms with Crippen LogP contribution in [0.2, 0.25) is 0 Å². The van der Waals surface area contributed by atoms with Gasteiger partial charge in [0.05, 0.1) is 29.0 Å². The van der Waals surface area contributed by atoms with Crippen LogP contribution in [0, 0.1) is 13.8 Å². The number of amides is 1. The number of hydrogen-bond donors (Lipinski definition) is 4. The fraction of sp³-hybridized carbons (Fsp3) is 0.444. The van der Waals surface area contributed by atoms with Gasteiger partial charge in [0.1, 0.15) is 0 Å². The summed E-state index contributed by atoms with van der Waals surface area (Å²) in [6.07, 6.45) is 5.46. The summed E-state index contributed by atoms with van der Waals surface area (Å²) in [5, 5.41) is 11.1. The number of fused-ring (bicyclic) bond motifs is 1. The number of aromatic nitrogens is 5. The third-order valence-electron chi connectivity index (χ3n) is 5.43. The molecular weight excluding hydrogens is 346 g/mol. The highest BCUT2D eigenvalue weighted by molar-refractivity contribution is 6.07. The van der Waals surface area contributed by atoms with Gasteiger partial charge in [0.15, 0.2) is 5.69 Å². The van der Waals surface area contributed by atoms with Crippen molar-refractivity contribution in [3.63, 3.8) is 0 Å². The molecule has 0 bridgehead atoms. The van der Waals surface area contributed by atoms with Crippen molar-refractivity contribution in [2.45, 2.75) is 51.6 Å². The van der Waals surface area contributed by atoms with Gasteiger partial charge in [-0.05, 0) is 56.7 Å². The van der Waals surface area contributed by atoms with Crippen LogP contribution in [0.5, 0.6) is 0 Å². The lowest BCUT2D eigenvalue weighted by molar-refractivity contribution is 0.102. The number of nitrogens with one attached hydrogen (secondary N) is 3. The van der Waals surface area contributed by atoms with E-state index in [1.807, 2.05) is 19.9 Å². The number of nitrogens with zero attached hydrogens (tertiary/aromatic N) is 3. The van der Waals surface area contributed by atoms with Crippen LogP contribution in [0.25, 0.3) is 11.0 Å². The maximum absolute atomic E-state index is 12.7. The lowest BCUT2D eigenvalue weighted by Crippen LogP contribution is -2.28. The van der Waals surface area contributed by atoms with E-state index in [2.05, 4.69) is 25.6 Å². The number of anilines is 1. The van der Waals surface area contributed by atoms with Crippen LogP contribution in [0.4, 0.5) is 5.69 Å². The largest absolute Gasteiger partial charge is 0.328 e. The number of aromatic amines is 2. The standard InChI is InChI=1S/C18H23N7O2/c1-9-7-13-16(22-18(27)20-13)15(10(9)2)21-17(26)14-8-25(24-23-14)12-5-3-11(19)4-6-12/h7-8,11-12H,3-6,19H2,1-2H3,(H,21,26)(H2,20,22,27). The molecule has 0 unspecified atom stereocenters. The van der Waals surface area contributed by atoms with E-state index >= 15 is 0 Å². The molecule has 5 N–H and O–H groups in total. The van der Waals surface area contributed by atoms with Gasteiger partial charge < -0.3 is 21.0 Å². The van der Waals surface area contributed by atoms with Gasteiger partial charge in [-0.15, -0.1) is 5.10 Å². The first-order valence-electron chi connectivity index (χ1n) is 9.13. The van der Waals surface area contributed by atoms with Crippen molar-refractivity contribution >= 4 is 22.6 Å². The Labute approximate surface area is 155 Å². The van der Waals surface area contributed by atoms with E-state index in [0.717, 1.165) is 36.8 Å². The van der Waals surface area contributed by atoms with Crippen molar-refractivity contribution in [2.75, 3.05) is 5.32 Å². The summed E-state index contributed by atoms with van der Waals surface area (Å²) >= 11 is 0. The van der Waals surface area contributed by atoms with Crippen molar-refractivity contribution in [3.05, 3.63) is 39.6 Å². The van der Waals surface area contributed by atoms with Gasteiger partial charge in [-0.25, -0.2) is 9.48 Å². The van der Waals surface area contributed by atoms with E-state index in [1.165, 1.54) is 0 Å². The fourth-order valence-corrected chi connectivity index (χ4v) is 3.67. The Hall–Kier alpha value is -2.94. The van der Waals surface area contributed by atoms with Crippen LogP contribution >= 0.6 is 0 Å². The molecule has 1 aliphatic rings. The predicted molar refractivity (Wildman–Crippen MR) is 102 cm³/mol. The highest BCUT2D eigenvalue weighted by atomic mass is 16.2. The van der Waals surface area contributed by atoms with E-state index in [-0.39, 0.29) is 29.4 Å². The average Bonchev–Trinajstić information content (AvgIpc) is 3.26. The number of carbonyl (C=O) groups excluding carboxylic acids is 1. The van der Waals surface area contributed by atoms with Crippen molar-refractivity contribution < 1.29 is 4.79 Å². The lowest BCUT2D eigenvalue weighted by atomic mass is 9.92. The van der Waals surface area contributed by atoms with E-state index in [0.29, 0.717) is 16.7 Å². The van der Waals surface area contributed by atoms with Crippen molar-refractivity contribution in [1.29, 1.82) is 0 Å². The van der Waals surface area contributed by atoms with E-state index in [4.69, 9.17) is 5.73 Å². The van der Waals surface area contributed by atoms with Crippen molar-refractivity contribution in [2.24, 2.45) is 5.73 Å². The molecule has 2 heterocycles. The predicted octanol–water partition coefficient (Wildman–Crippen LogP) is 1.76. The van der Waals surface area contributed by atoms with Crippen molar-refractivity contribution in [3.8, 4) is 0 Å². The minimum Gasteiger partial charge on any atom is -0.328 e. The zero-order chi connectivity index (χ0) is 19.1. The number of nitrogens with two attached hydrogens (primary N) is 1. The first-order valence-corrected chi connectivity index (χ1v) is 9.13. The maximum atomic E-state index is 12.7. The number of H-pyrrole nitrogens is 2. The molecule has 27 heavy (non-hydrogen) atoms. The summed E-state index contributed by atoms with van der Waals surface area (Å²) in [5.74, 6) is -0.356. The third-order valence-corrected chi connectivity index (χ3v) is 5.43. The van der Waals surface area contributed by atoms with E-state index < -0.39 is 0 Å². The van der Waals surface area contributed by atoms with Gasteiger partial charge >= 0.3 is 5.69 Å². The second-order valence-electron chi connectivity index (χ2n) is 7.30. The lowest BCUT2D eigenvalue weighted by Gasteiger charge is -2.25. The summed E-state index contributed by atoms with van der Waals surface area (Å²) in [6.45, 7) is 3.83. The summed E-state index contributed by atoms with van der Waals surface area (Å²) in [4.78, 5) is 29.8. The minimum atomic E-state index is -0.356. The van der Waals surface area contributed by atoms with Crippen LogP contribution in [0.15, 0.2) is 17.1 Å². The summed E-state index contributed by atoms with van der Waals surface area (Å²) in [7, 11) is 0. The molecular formula is C18H23N7O2. The molecule has 0 saturated heterocycles. The first kappa shape index (κ1) is 17.5. The fourth-order valence-electron chi connectivity index (χ4n) is 3.67. The summed E-state index contributed by atoms with van der Waals surface area (Å²) in [6, 6.07) is 2.36. The van der Waals surface area contributed by atoms with E-state index in [9.17, 15) is 9.59 Å². The topological polar surface area (TPSA) is 134 Å². The Balaban J connectivity index is 1.59. The smallest absolute Gasteiger partial charge is 0.323 e. The SMILES string of the molecule is Cc1cc2[nH]c(=O)[nH]c2c(NC(=O)c2cn(C3CCC(N)CC3)nn2)c1C. The van der Waals surface area contributed by atoms with Crippen LogP contribution in [-0.4, -0.2) is 36.9 Å². The average molecular weight is 369 g/mol. The molecule has 0 aliphatic heterocycles. The Bertz CT molecular complexity index is 1050. The second kappa shape index (κ2) is 6.66. The number of imidazole rings is 1. The van der Waals surface area contributed by atoms with Crippen LogP contribution in [0.1, 0.15) is 53.3 Å². The molecule has 1 fully saturated rings. The van der Waals surface area contributed by atoms with Gasteiger partial charge in [0.25, 0.3) is 5.91 Å². The molecule has 1 saturated carbocycles. The molecule has 0 atom stereocenters. The van der Waals surface area contributed by atoms with Gasteiger partial charge in [0.2, 0.25) is 0 Å². The highest BCUT2D eigenvalue weighted by Crippen LogP contribution is 2.28. The molecule has 1 aliphatic carbocycles. The molecule has 1 aromatic carbocycles. The molecule has 1 amide bonds. The van der Waals surface area contributed by atoms with Gasteiger partial charge in [-0.2, -0.15) is 0 Å². The Morgan fingerprint density at radius 2 is 2.00 bits per heavy atom. The second-order valence-corrected chi connectivity index (χ2v) is 7.30. The Morgan fingerprint density at radius 1 is 1.26 bits per heavy atom. The zero-order valence-electron chi connectivity index (χ0n) is 15.4. The Kier molecular flexibility index (Phi) is 4.31. The molecule has 0 radical (unpaired) electrons. The number of carbonyl (C=O) groups is 1. The summed E-state index contributed by atoms with van der Waals surface area (Å²) in [5.41, 5.74) is 9.54. The van der Waals surface area contributed by atoms with Crippen LogP contribution < -0.4 is 16.7 Å². The van der Waals surface area contributed by atoms with Gasteiger partial charge in [-0.1, -0.05) is 5.21 Å². The first-order chi connectivity index (χ1) is 12.9. The molecule has 4 rings (SSSR count). The monoisotopic (exact) mass is 369 g/mol. The highest BCUT2D eigenvalue weighted by Gasteiger charge is 2.23. The molecule has 0 spiro atoms.